The molecule has 0 bridgehead atoms. The molecule has 0 amide bonds. The van der Waals surface area contributed by atoms with E-state index in [9.17, 15) is 9.50 Å². The number of nitrogens with zero attached hydrogens (tertiary/aromatic N) is 4. The number of nitrogens with one attached hydrogen (secondary N) is 1. The SMILES string of the molecule is CN1CCC[C@@H](Nc2nnc(-c3c(O)cc(C4CC4)cc3F)c3ccncc23)C1. The molecular weight excluding hydrogens is 369 g/mol. The first kappa shape index (κ1) is 18.2. The van der Waals surface area contributed by atoms with E-state index in [-0.39, 0.29) is 17.4 Å². The molecule has 0 spiro atoms. The quantitative estimate of drug-likeness (QED) is 0.700. The lowest BCUT2D eigenvalue weighted by atomic mass is 10.0. The Morgan fingerprint density at radius 2 is 2.03 bits per heavy atom. The topological polar surface area (TPSA) is 74.2 Å². The van der Waals surface area contributed by atoms with Crippen LogP contribution in [0.4, 0.5) is 10.2 Å². The van der Waals surface area contributed by atoms with Gasteiger partial charge in [-0.1, -0.05) is 0 Å². The van der Waals surface area contributed by atoms with Gasteiger partial charge in [0.05, 0.1) is 5.56 Å². The molecule has 3 heterocycles. The molecule has 1 aromatic carbocycles. The summed E-state index contributed by atoms with van der Waals surface area (Å²) in [5, 5.41) is 24.2. The van der Waals surface area contributed by atoms with Crippen molar-refractivity contribution in [1.29, 1.82) is 0 Å². The van der Waals surface area contributed by atoms with Gasteiger partial charge in [-0.05, 0) is 69.0 Å². The van der Waals surface area contributed by atoms with Crippen molar-refractivity contribution in [3.63, 3.8) is 0 Å². The van der Waals surface area contributed by atoms with Crippen molar-refractivity contribution in [2.75, 3.05) is 25.5 Å². The fourth-order valence-electron chi connectivity index (χ4n) is 4.27. The van der Waals surface area contributed by atoms with Crippen molar-refractivity contribution < 1.29 is 9.50 Å². The Morgan fingerprint density at radius 1 is 1.17 bits per heavy atom. The minimum atomic E-state index is -0.464. The van der Waals surface area contributed by atoms with Gasteiger partial charge in [0.2, 0.25) is 0 Å². The van der Waals surface area contributed by atoms with Gasteiger partial charge < -0.3 is 15.3 Å². The minimum absolute atomic E-state index is 0.0890. The van der Waals surface area contributed by atoms with Crippen LogP contribution in [0.2, 0.25) is 0 Å². The second-order valence-electron chi connectivity index (χ2n) is 8.24. The summed E-state index contributed by atoms with van der Waals surface area (Å²) in [4.78, 5) is 6.52. The van der Waals surface area contributed by atoms with E-state index in [1.54, 1.807) is 24.5 Å². The molecule has 1 saturated heterocycles. The van der Waals surface area contributed by atoms with Gasteiger partial charge in [0.25, 0.3) is 0 Å². The van der Waals surface area contributed by atoms with Crippen LogP contribution in [0.15, 0.2) is 30.6 Å². The minimum Gasteiger partial charge on any atom is -0.507 e. The number of phenolic OH excluding ortho intramolecular Hbond substituents is 1. The number of hydrogen-bond donors (Lipinski definition) is 2. The normalized spacial score (nSPS) is 20.1. The average molecular weight is 393 g/mol. The monoisotopic (exact) mass is 393 g/mol. The van der Waals surface area contributed by atoms with Gasteiger partial charge in [0.15, 0.2) is 5.82 Å². The van der Waals surface area contributed by atoms with E-state index in [1.807, 2.05) is 0 Å². The number of likely N-dealkylation sites (tertiary alicyclic amines) is 1. The molecule has 7 heteroatoms. The predicted octanol–water partition coefficient (Wildman–Crippen LogP) is 3.92. The molecule has 2 aliphatic rings. The number of rotatable bonds is 4. The van der Waals surface area contributed by atoms with Gasteiger partial charge in [-0.25, -0.2) is 4.39 Å². The van der Waals surface area contributed by atoms with Gasteiger partial charge in [-0.2, -0.15) is 0 Å². The second-order valence-corrected chi connectivity index (χ2v) is 8.24. The van der Waals surface area contributed by atoms with Crippen LogP contribution in [-0.2, 0) is 0 Å². The summed E-state index contributed by atoms with van der Waals surface area (Å²) in [6, 6.07) is 5.26. The number of fused-ring (bicyclic) bond motifs is 1. The maximum absolute atomic E-state index is 15.0. The van der Waals surface area contributed by atoms with Crippen molar-refractivity contribution in [3.8, 4) is 17.0 Å². The van der Waals surface area contributed by atoms with Crippen LogP contribution < -0.4 is 5.32 Å². The summed E-state index contributed by atoms with van der Waals surface area (Å²) < 4.78 is 15.0. The highest BCUT2D eigenvalue weighted by Crippen LogP contribution is 2.44. The van der Waals surface area contributed by atoms with Crippen molar-refractivity contribution >= 4 is 16.6 Å². The summed E-state index contributed by atoms with van der Waals surface area (Å²) >= 11 is 0. The first-order chi connectivity index (χ1) is 14.1. The Labute approximate surface area is 168 Å². The molecule has 5 rings (SSSR count). The lowest BCUT2D eigenvalue weighted by molar-refractivity contribution is 0.261. The summed E-state index contributed by atoms with van der Waals surface area (Å²) in [7, 11) is 2.11. The number of aromatic hydroxyl groups is 1. The number of anilines is 1. The van der Waals surface area contributed by atoms with E-state index < -0.39 is 5.82 Å². The third-order valence-electron chi connectivity index (χ3n) is 5.92. The number of pyridine rings is 1. The molecule has 2 N–H and O–H groups in total. The molecule has 1 aliphatic carbocycles. The van der Waals surface area contributed by atoms with E-state index in [0.29, 0.717) is 17.4 Å². The number of halogens is 1. The zero-order valence-corrected chi connectivity index (χ0v) is 16.4. The zero-order chi connectivity index (χ0) is 20.0. The zero-order valence-electron chi connectivity index (χ0n) is 16.4. The molecule has 2 aromatic heterocycles. The van der Waals surface area contributed by atoms with Crippen LogP contribution in [0, 0.1) is 5.82 Å². The van der Waals surface area contributed by atoms with E-state index in [4.69, 9.17) is 0 Å². The highest BCUT2D eigenvalue weighted by molar-refractivity contribution is 6.00. The van der Waals surface area contributed by atoms with E-state index in [2.05, 4.69) is 32.4 Å². The van der Waals surface area contributed by atoms with Gasteiger partial charge in [-0.3, -0.25) is 4.98 Å². The predicted molar refractivity (Wildman–Crippen MR) is 111 cm³/mol. The van der Waals surface area contributed by atoms with Crippen molar-refractivity contribution in [2.45, 2.75) is 37.6 Å². The summed E-state index contributed by atoms with van der Waals surface area (Å²) in [5.41, 5.74) is 1.29. The van der Waals surface area contributed by atoms with Gasteiger partial charge in [-0.15, -0.1) is 10.2 Å². The Kier molecular flexibility index (Phi) is 4.54. The largest absolute Gasteiger partial charge is 0.507 e. The fraction of sp³-hybridized carbons (Fsp3) is 0.409. The molecule has 1 aliphatic heterocycles. The Bertz CT molecular complexity index is 1050. The van der Waals surface area contributed by atoms with Crippen LogP contribution in [0.25, 0.3) is 22.0 Å². The van der Waals surface area contributed by atoms with Crippen LogP contribution in [0.3, 0.4) is 0 Å². The molecule has 2 fully saturated rings. The number of hydrogen-bond acceptors (Lipinski definition) is 6. The molecule has 1 atom stereocenters. The van der Waals surface area contributed by atoms with Crippen LogP contribution in [0.1, 0.15) is 37.2 Å². The van der Waals surface area contributed by atoms with Gasteiger partial charge >= 0.3 is 0 Å². The first-order valence-electron chi connectivity index (χ1n) is 10.2. The molecule has 150 valence electrons. The second kappa shape index (κ2) is 7.22. The summed E-state index contributed by atoms with van der Waals surface area (Å²) in [6.07, 6.45) is 7.65. The molecule has 1 saturated carbocycles. The summed E-state index contributed by atoms with van der Waals surface area (Å²) in [6.45, 7) is 2.03. The Hall–Kier alpha value is -2.80. The van der Waals surface area contributed by atoms with Gasteiger partial charge in [0, 0.05) is 35.8 Å². The first-order valence-corrected chi connectivity index (χ1v) is 10.2. The van der Waals surface area contributed by atoms with Crippen molar-refractivity contribution in [2.24, 2.45) is 0 Å². The standard InChI is InChI=1S/C22H24FN5O/c1-28-8-2-3-15(12-28)25-22-17-11-24-7-6-16(17)21(26-27-22)20-18(23)9-14(10-19(20)29)13-4-5-13/h6-7,9-11,13,15,29H,2-5,8,12H2,1H3,(H,25,27)/t15-/m1/s1. The molecular formula is C22H24FN5O. The van der Waals surface area contributed by atoms with Crippen LogP contribution >= 0.6 is 0 Å². The number of benzene rings is 1. The van der Waals surface area contributed by atoms with Crippen molar-refractivity contribution in [1.82, 2.24) is 20.1 Å². The lowest BCUT2D eigenvalue weighted by Crippen LogP contribution is -2.40. The third-order valence-corrected chi connectivity index (χ3v) is 5.92. The highest BCUT2D eigenvalue weighted by atomic mass is 19.1. The smallest absolute Gasteiger partial charge is 0.158 e. The lowest BCUT2D eigenvalue weighted by Gasteiger charge is -2.30. The summed E-state index contributed by atoms with van der Waals surface area (Å²) in [5.74, 6) is 0.450. The van der Waals surface area contributed by atoms with Gasteiger partial charge in [0.1, 0.15) is 17.3 Å². The number of aromatic nitrogens is 3. The number of phenols is 1. The highest BCUT2D eigenvalue weighted by Gasteiger charge is 2.27. The Morgan fingerprint density at radius 3 is 2.79 bits per heavy atom. The van der Waals surface area contributed by atoms with E-state index >= 15 is 0 Å². The van der Waals surface area contributed by atoms with E-state index in [0.717, 1.165) is 55.1 Å². The molecule has 0 radical (unpaired) electrons. The molecule has 0 unspecified atom stereocenters. The molecule has 29 heavy (non-hydrogen) atoms. The van der Waals surface area contributed by atoms with Crippen LogP contribution in [0.5, 0.6) is 5.75 Å². The molecule has 6 nitrogen and oxygen atoms in total. The number of piperidine rings is 1. The van der Waals surface area contributed by atoms with E-state index in [1.165, 1.54) is 6.07 Å². The third kappa shape index (κ3) is 3.51. The fourth-order valence-corrected chi connectivity index (χ4v) is 4.27. The van der Waals surface area contributed by atoms with Crippen LogP contribution in [-0.4, -0.2) is 51.4 Å². The number of likely N-dealkylation sites (N-methyl/N-ethyl adjacent to an activating group) is 1. The Balaban J connectivity index is 1.56. The molecule has 3 aromatic rings. The van der Waals surface area contributed by atoms with Crippen molar-refractivity contribution in [3.05, 3.63) is 42.0 Å². The average Bonchev–Trinajstić information content (AvgIpc) is 3.54. The maximum Gasteiger partial charge on any atom is 0.158 e. The maximum atomic E-state index is 15.0.